The van der Waals surface area contributed by atoms with E-state index in [1.54, 1.807) is 18.2 Å². The van der Waals surface area contributed by atoms with Crippen molar-refractivity contribution in [1.29, 1.82) is 0 Å². The fraction of sp³-hybridized carbons (Fsp3) is 0.250. The summed E-state index contributed by atoms with van der Waals surface area (Å²) in [5.41, 5.74) is 1.16. The molecule has 0 aliphatic rings. The molecule has 1 N–H and O–H groups in total. The van der Waals surface area contributed by atoms with E-state index in [2.05, 4.69) is 10.3 Å². The highest BCUT2D eigenvalue weighted by atomic mass is 35.5. The number of aromatic nitrogens is 1. The molecular weight excluding hydrogens is 377 g/mol. The Morgan fingerprint density at radius 3 is 2.75 bits per heavy atom. The van der Waals surface area contributed by atoms with Crippen LogP contribution in [0.1, 0.15) is 22.3 Å². The number of rotatable bonds is 7. The van der Waals surface area contributed by atoms with Gasteiger partial charge in [-0.1, -0.05) is 29.3 Å². The lowest BCUT2D eigenvalue weighted by Gasteiger charge is -2.09. The van der Waals surface area contributed by atoms with Crippen molar-refractivity contribution in [2.75, 3.05) is 6.54 Å². The molecule has 0 fully saturated rings. The lowest BCUT2D eigenvalue weighted by molar-refractivity contribution is 0.0949. The first-order valence-corrected chi connectivity index (χ1v) is 8.73. The van der Waals surface area contributed by atoms with Crippen molar-refractivity contribution >= 4 is 40.9 Å². The molecular formula is C16H14Cl2F2N2OS. The first kappa shape index (κ1) is 19.0. The van der Waals surface area contributed by atoms with Crippen LogP contribution < -0.4 is 5.32 Å². The lowest BCUT2D eigenvalue weighted by atomic mass is 10.1. The monoisotopic (exact) mass is 390 g/mol. The SMILES string of the molecule is O=C(NCCCc1ccc(Cl)c(Cl)c1)c1cccnc1SC(F)F. The number of hydrogen-bond donors (Lipinski definition) is 1. The van der Waals surface area contributed by atoms with Crippen molar-refractivity contribution in [3.63, 3.8) is 0 Å². The molecule has 8 heteroatoms. The van der Waals surface area contributed by atoms with Gasteiger partial charge in [0.25, 0.3) is 11.7 Å². The molecule has 128 valence electrons. The summed E-state index contributed by atoms with van der Waals surface area (Å²) in [7, 11) is 0. The Hall–Kier alpha value is -1.37. The first-order valence-electron chi connectivity index (χ1n) is 7.09. The van der Waals surface area contributed by atoms with Crippen LogP contribution in [0.3, 0.4) is 0 Å². The van der Waals surface area contributed by atoms with Crippen molar-refractivity contribution < 1.29 is 13.6 Å². The van der Waals surface area contributed by atoms with Gasteiger partial charge in [0, 0.05) is 12.7 Å². The van der Waals surface area contributed by atoms with Gasteiger partial charge in [-0.05, 0) is 54.4 Å². The molecule has 24 heavy (non-hydrogen) atoms. The van der Waals surface area contributed by atoms with Crippen LogP contribution in [0.4, 0.5) is 8.78 Å². The Balaban J connectivity index is 1.86. The third kappa shape index (κ3) is 5.61. The lowest BCUT2D eigenvalue weighted by Crippen LogP contribution is -2.25. The molecule has 0 spiro atoms. The number of hydrogen-bond acceptors (Lipinski definition) is 3. The average molecular weight is 391 g/mol. The van der Waals surface area contributed by atoms with Crippen molar-refractivity contribution in [1.82, 2.24) is 10.3 Å². The van der Waals surface area contributed by atoms with Gasteiger partial charge in [0.15, 0.2) is 0 Å². The van der Waals surface area contributed by atoms with Crippen LogP contribution in [0.25, 0.3) is 0 Å². The van der Waals surface area contributed by atoms with Gasteiger partial charge < -0.3 is 5.32 Å². The maximum absolute atomic E-state index is 12.5. The van der Waals surface area contributed by atoms with Crippen LogP contribution in [0.15, 0.2) is 41.6 Å². The fourth-order valence-corrected chi connectivity index (χ4v) is 2.93. The van der Waals surface area contributed by atoms with E-state index in [4.69, 9.17) is 23.2 Å². The Labute approximate surface area is 152 Å². The van der Waals surface area contributed by atoms with Crippen molar-refractivity contribution in [2.45, 2.75) is 23.6 Å². The minimum absolute atomic E-state index is 0.0227. The largest absolute Gasteiger partial charge is 0.352 e. The van der Waals surface area contributed by atoms with Crippen molar-refractivity contribution in [3.05, 3.63) is 57.7 Å². The molecule has 0 radical (unpaired) electrons. The Bertz CT molecular complexity index is 716. The van der Waals surface area contributed by atoms with Crippen LogP contribution >= 0.6 is 35.0 Å². The zero-order valence-corrected chi connectivity index (χ0v) is 14.8. The second-order valence-corrected chi connectivity index (χ2v) is 6.64. The van der Waals surface area contributed by atoms with Crippen LogP contribution in [0, 0.1) is 0 Å². The van der Waals surface area contributed by atoms with Crippen LogP contribution in [-0.2, 0) is 6.42 Å². The highest BCUT2D eigenvalue weighted by Crippen LogP contribution is 2.26. The average Bonchev–Trinajstić information content (AvgIpc) is 2.54. The molecule has 1 amide bonds. The van der Waals surface area contributed by atoms with E-state index in [9.17, 15) is 13.6 Å². The number of amides is 1. The van der Waals surface area contributed by atoms with Gasteiger partial charge >= 0.3 is 0 Å². The molecule has 0 saturated carbocycles. The Morgan fingerprint density at radius 2 is 2.04 bits per heavy atom. The van der Waals surface area contributed by atoms with Gasteiger partial charge in [-0.2, -0.15) is 8.78 Å². The molecule has 1 aromatic heterocycles. The summed E-state index contributed by atoms with van der Waals surface area (Å²) in [4.78, 5) is 15.9. The summed E-state index contributed by atoms with van der Waals surface area (Å²) in [5, 5.41) is 3.72. The van der Waals surface area contributed by atoms with E-state index in [-0.39, 0.29) is 22.4 Å². The second kappa shape index (κ2) is 9.20. The summed E-state index contributed by atoms with van der Waals surface area (Å²) in [5.74, 6) is -3.04. The quantitative estimate of drug-likeness (QED) is 0.530. The molecule has 0 bridgehead atoms. The minimum Gasteiger partial charge on any atom is -0.352 e. The maximum atomic E-state index is 12.5. The number of halogens is 4. The summed E-state index contributed by atoms with van der Waals surface area (Å²) >= 11 is 12.1. The molecule has 1 aromatic carbocycles. The molecule has 0 aliphatic carbocycles. The zero-order chi connectivity index (χ0) is 17.5. The van der Waals surface area contributed by atoms with Gasteiger partial charge in [0.2, 0.25) is 0 Å². The topological polar surface area (TPSA) is 42.0 Å². The highest BCUT2D eigenvalue weighted by Gasteiger charge is 2.16. The van der Waals surface area contributed by atoms with Crippen LogP contribution in [-0.4, -0.2) is 23.2 Å². The van der Waals surface area contributed by atoms with E-state index in [1.807, 2.05) is 6.07 Å². The normalized spacial score (nSPS) is 10.9. The third-order valence-corrected chi connectivity index (χ3v) is 4.59. The number of nitrogens with zero attached hydrogens (tertiary/aromatic N) is 1. The smallest absolute Gasteiger partial charge is 0.290 e. The van der Waals surface area contributed by atoms with Gasteiger partial charge in [-0.3, -0.25) is 4.79 Å². The summed E-state index contributed by atoms with van der Waals surface area (Å²) in [6.07, 6.45) is 2.77. The number of nitrogens with one attached hydrogen (secondary N) is 1. The summed E-state index contributed by atoms with van der Waals surface area (Å²) in [6, 6.07) is 8.40. The highest BCUT2D eigenvalue weighted by molar-refractivity contribution is 7.99. The Morgan fingerprint density at radius 1 is 1.25 bits per heavy atom. The number of pyridine rings is 1. The molecule has 2 aromatic rings. The van der Waals surface area contributed by atoms with Crippen LogP contribution in [0.5, 0.6) is 0 Å². The fourth-order valence-electron chi connectivity index (χ4n) is 2.03. The number of carbonyl (C=O) groups is 1. The maximum Gasteiger partial charge on any atom is 0.290 e. The molecule has 1 heterocycles. The predicted molar refractivity (Wildman–Crippen MR) is 93.2 cm³/mol. The Kier molecular flexibility index (Phi) is 7.27. The van der Waals surface area contributed by atoms with E-state index in [1.165, 1.54) is 12.3 Å². The first-order chi connectivity index (χ1) is 11.5. The van der Waals surface area contributed by atoms with Gasteiger partial charge in [-0.15, -0.1) is 0 Å². The van der Waals surface area contributed by atoms with Crippen LogP contribution in [0.2, 0.25) is 10.0 Å². The predicted octanol–water partition coefficient (Wildman–Crippen LogP) is 5.07. The van der Waals surface area contributed by atoms with E-state index in [0.29, 0.717) is 29.4 Å². The number of benzene rings is 1. The third-order valence-electron chi connectivity index (χ3n) is 3.13. The van der Waals surface area contributed by atoms with Crippen molar-refractivity contribution in [3.8, 4) is 0 Å². The number of thioether (sulfide) groups is 1. The standard InChI is InChI=1S/C16H14Cl2F2N2OS/c17-12-6-5-10(9-13(12)18)3-1-7-21-14(23)11-4-2-8-22-15(11)24-16(19)20/h2,4-6,8-9,16H,1,3,7H2,(H,21,23). The molecule has 0 atom stereocenters. The van der Waals surface area contributed by atoms with Gasteiger partial charge in [0.05, 0.1) is 15.6 Å². The summed E-state index contributed by atoms with van der Waals surface area (Å²) in [6.45, 7) is 0.409. The van der Waals surface area contributed by atoms with Crippen molar-refractivity contribution in [2.24, 2.45) is 0 Å². The minimum atomic E-state index is -2.62. The number of alkyl halides is 2. The molecule has 3 nitrogen and oxygen atoms in total. The molecule has 0 aliphatic heterocycles. The van der Waals surface area contributed by atoms with Gasteiger partial charge in [0.1, 0.15) is 5.03 Å². The molecule has 0 saturated heterocycles. The van der Waals surface area contributed by atoms with Gasteiger partial charge in [-0.25, -0.2) is 4.98 Å². The number of carbonyl (C=O) groups excluding carboxylic acids is 1. The molecule has 0 unspecified atom stereocenters. The van der Waals surface area contributed by atoms with E-state index in [0.717, 1.165) is 5.56 Å². The summed E-state index contributed by atoms with van der Waals surface area (Å²) < 4.78 is 25.0. The molecule has 2 rings (SSSR count). The number of aryl methyl sites for hydroxylation is 1. The van der Waals surface area contributed by atoms with E-state index < -0.39 is 11.7 Å². The van der Waals surface area contributed by atoms with E-state index >= 15 is 0 Å². The second-order valence-electron chi connectivity index (χ2n) is 4.84. The zero-order valence-electron chi connectivity index (χ0n) is 12.4.